The number of hydrogen-bond donors (Lipinski definition) is 1. The van der Waals surface area contributed by atoms with Gasteiger partial charge < -0.3 is 19.4 Å². The minimum absolute atomic E-state index is 0.0273. The predicted molar refractivity (Wildman–Crippen MR) is 118 cm³/mol. The molecule has 6 heteroatoms. The molecule has 0 radical (unpaired) electrons. The highest BCUT2D eigenvalue weighted by Crippen LogP contribution is 2.33. The third kappa shape index (κ3) is 4.14. The highest BCUT2D eigenvalue weighted by molar-refractivity contribution is 5.95. The first-order chi connectivity index (χ1) is 15.3. The number of aromatic nitrogens is 2. The first kappa shape index (κ1) is 18.9. The van der Waals surface area contributed by atoms with Crippen molar-refractivity contribution in [3.05, 3.63) is 96.6 Å². The molecule has 154 valence electrons. The van der Waals surface area contributed by atoms with E-state index in [4.69, 9.17) is 9.47 Å². The maximum atomic E-state index is 13.4. The van der Waals surface area contributed by atoms with Crippen molar-refractivity contribution in [2.24, 2.45) is 0 Å². The molecule has 4 aromatic rings. The van der Waals surface area contributed by atoms with Crippen molar-refractivity contribution in [3.63, 3.8) is 0 Å². The van der Waals surface area contributed by atoms with Crippen molar-refractivity contribution in [1.82, 2.24) is 9.97 Å². The van der Waals surface area contributed by atoms with Crippen LogP contribution in [0.1, 0.15) is 11.4 Å². The molecular weight excluding hydrogens is 390 g/mol. The maximum Gasteiger partial charge on any atom is 0.231 e. The van der Waals surface area contributed by atoms with Gasteiger partial charge in [0.05, 0.1) is 13.0 Å². The van der Waals surface area contributed by atoms with E-state index in [0.717, 1.165) is 28.2 Å². The Hall–Kier alpha value is -4.06. The van der Waals surface area contributed by atoms with Crippen LogP contribution in [-0.4, -0.2) is 22.7 Å². The summed E-state index contributed by atoms with van der Waals surface area (Å²) in [5, 5.41) is 0. The van der Waals surface area contributed by atoms with Gasteiger partial charge in [0.2, 0.25) is 12.7 Å². The van der Waals surface area contributed by atoms with Crippen LogP contribution >= 0.6 is 0 Å². The Labute approximate surface area is 180 Å². The molecule has 1 aliphatic heterocycles. The number of amides is 1. The second-order valence-corrected chi connectivity index (χ2v) is 7.30. The standard InChI is InChI=1S/C25H21N3O3/c29-25(14-18-9-10-22-23(13-18)31-17-30-22)28(16-24-26-11-12-27-24)21-8-4-7-20(15-21)19-5-2-1-3-6-19/h1-13,15H,14,16-17H2,(H,26,27). The summed E-state index contributed by atoms with van der Waals surface area (Å²) in [5.41, 5.74) is 3.85. The molecule has 0 unspecified atom stereocenters. The van der Waals surface area contributed by atoms with Crippen molar-refractivity contribution < 1.29 is 14.3 Å². The second kappa shape index (κ2) is 8.36. The van der Waals surface area contributed by atoms with Gasteiger partial charge in [-0.15, -0.1) is 0 Å². The van der Waals surface area contributed by atoms with E-state index in [-0.39, 0.29) is 19.1 Å². The average molecular weight is 411 g/mol. The molecule has 0 saturated heterocycles. The van der Waals surface area contributed by atoms with Gasteiger partial charge >= 0.3 is 0 Å². The lowest BCUT2D eigenvalue weighted by Gasteiger charge is -2.23. The number of ether oxygens (including phenoxy) is 2. The van der Waals surface area contributed by atoms with Gasteiger partial charge in [-0.1, -0.05) is 48.5 Å². The van der Waals surface area contributed by atoms with Crippen molar-refractivity contribution in [2.75, 3.05) is 11.7 Å². The fraction of sp³-hybridized carbons (Fsp3) is 0.120. The predicted octanol–water partition coefficient (Wildman–Crippen LogP) is 4.58. The summed E-state index contributed by atoms with van der Waals surface area (Å²) >= 11 is 0. The molecule has 1 aliphatic rings. The highest BCUT2D eigenvalue weighted by Gasteiger charge is 2.20. The summed E-state index contributed by atoms with van der Waals surface area (Å²) in [6.07, 6.45) is 3.69. The van der Waals surface area contributed by atoms with Gasteiger partial charge in [-0.25, -0.2) is 4.98 Å². The summed E-state index contributed by atoms with van der Waals surface area (Å²) in [7, 11) is 0. The summed E-state index contributed by atoms with van der Waals surface area (Å²) in [6, 6.07) is 23.7. The van der Waals surface area contributed by atoms with E-state index in [1.165, 1.54) is 0 Å². The SMILES string of the molecule is O=C(Cc1ccc2c(c1)OCO2)N(Cc1ncc[nH]1)c1cccc(-c2ccccc2)c1. The van der Waals surface area contributed by atoms with Gasteiger partial charge in [-0.3, -0.25) is 4.79 Å². The molecule has 0 bridgehead atoms. The molecule has 1 N–H and O–H groups in total. The molecule has 0 fully saturated rings. The summed E-state index contributed by atoms with van der Waals surface area (Å²) in [4.78, 5) is 22.6. The van der Waals surface area contributed by atoms with E-state index >= 15 is 0 Å². The molecule has 1 amide bonds. The number of imidazole rings is 1. The third-order valence-corrected chi connectivity index (χ3v) is 5.22. The third-order valence-electron chi connectivity index (χ3n) is 5.22. The van der Waals surface area contributed by atoms with E-state index in [0.29, 0.717) is 18.0 Å². The van der Waals surface area contributed by atoms with Crippen LogP contribution in [-0.2, 0) is 17.8 Å². The van der Waals surface area contributed by atoms with Crippen LogP contribution in [0.25, 0.3) is 11.1 Å². The number of aromatic amines is 1. The monoisotopic (exact) mass is 411 g/mol. The molecule has 5 rings (SSSR count). The fourth-order valence-corrected chi connectivity index (χ4v) is 3.66. The lowest BCUT2D eigenvalue weighted by molar-refractivity contribution is -0.118. The number of H-pyrrole nitrogens is 1. The van der Waals surface area contributed by atoms with Crippen LogP contribution < -0.4 is 14.4 Å². The first-order valence-electron chi connectivity index (χ1n) is 10.1. The minimum atomic E-state index is -0.0273. The van der Waals surface area contributed by atoms with Crippen molar-refractivity contribution in [3.8, 4) is 22.6 Å². The van der Waals surface area contributed by atoms with Crippen LogP contribution in [0.4, 0.5) is 5.69 Å². The largest absolute Gasteiger partial charge is 0.454 e. The molecular formula is C25H21N3O3. The topological polar surface area (TPSA) is 67.5 Å². The number of fused-ring (bicyclic) bond motifs is 1. The quantitative estimate of drug-likeness (QED) is 0.504. The number of anilines is 1. The molecule has 6 nitrogen and oxygen atoms in total. The van der Waals surface area contributed by atoms with E-state index in [1.54, 1.807) is 17.3 Å². The summed E-state index contributed by atoms with van der Waals surface area (Å²) < 4.78 is 10.8. The highest BCUT2D eigenvalue weighted by atomic mass is 16.7. The summed E-state index contributed by atoms with van der Waals surface area (Å²) in [6.45, 7) is 0.568. The zero-order valence-corrected chi connectivity index (χ0v) is 16.8. The first-order valence-corrected chi connectivity index (χ1v) is 10.1. The molecule has 0 aliphatic carbocycles. The minimum Gasteiger partial charge on any atom is -0.454 e. The zero-order valence-electron chi connectivity index (χ0n) is 16.8. The van der Waals surface area contributed by atoms with Gasteiger partial charge in [-0.05, 0) is 41.0 Å². The van der Waals surface area contributed by atoms with Crippen LogP contribution in [0.5, 0.6) is 11.5 Å². The molecule has 0 saturated carbocycles. The molecule has 0 atom stereocenters. The maximum absolute atomic E-state index is 13.4. The Kier molecular flexibility index (Phi) is 5.10. The molecule has 2 heterocycles. The normalized spacial score (nSPS) is 12.0. The molecule has 31 heavy (non-hydrogen) atoms. The fourth-order valence-electron chi connectivity index (χ4n) is 3.66. The summed E-state index contributed by atoms with van der Waals surface area (Å²) in [5.74, 6) is 2.08. The lowest BCUT2D eigenvalue weighted by atomic mass is 10.0. The number of nitrogens with zero attached hydrogens (tertiary/aromatic N) is 2. The van der Waals surface area contributed by atoms with Crippen molar-refractivity contribution in [2.45, 2.75) is 13.0 Å². The Morgan fingerprint density at radius 3 is 2.61 bits per heavy atom. The number of hydrogen-bond acceptors (Lipinski definition) is 4. The van der Waals surface area contributed by atoms with Crippen molar-refractivity contribution in [1.29, 1.82) is 0 Å². The Balaban J connectivity index is 1.45. The number of rotatable bonds is 6. The number of carbonyl (C=O) groups excluding carboxylic acids is 1. The van der Waals surface area contributed by atoms with Gasteiger partial charge in [0.15, 0.2) is 11.5 Å². The Morgan fingerprint density at radius 1 is 0.935 bits per heavy atom. The van der Waals surface area contributed by atoms with Gasteiger partial charge in [0.1, 0.15) is 5.82 Å². The van der Waals surface area contributed by atoms with Crippen LogP contribution in [0.2, 0.25) is 0 Å². The number of benzene rings is 3. The molecule has 1 aromatic heterocycles. The van der Waals surface area contributed by atoms with E-state index < -0.39 is 0 Å². The number of carbonyl (C=O) groups is 1. The van der Waals surface area contributed by atoms with E-state index in [9.17, 15) is 4.79 Å². The number of nitrogens with one attached hydrogen (secondary N) is 1. The lowest BCUT2D eigenvalue weighted by Crippen LogP contribution is -2.32. The van der Waals surface area contributed by atoms with Crippen LogP contribution in [0, 0.1) is 0 Å². The van der Waals surface area contributed by atoms with E-state index in [1.807, 2.05) is 60.7 Å². The van der Waals surface area contributed by atoms with Crippen molar-refractivity contribution >= 4 is 11.6 Å². The van der Waals surface area contributed by atoms with Gasteiger partial charge in [0.25, 0.3) is 0 Å². The molecule has 0 spiro atoms. The van der Waals surface area contributed by atoms with Crippen LogP contribution in [0.15, 0.2) is 85.2 Å². The zero-order chi connectivity index (χ0) is 21.0. The van der Waals surface area contributed by atoms with Gasteiger partial charge in [0, 0.05) is 18.1 Å². The Morgan fingerprint density at radius 2 is 1.77 bits per heavy atom. The average Bonchev–Trinajstić information content (AvgIpc) is 3.50. The van der Waals surface area contributed by atoms with E-state index in [2.05, 4.69) is 22.1 Å². The Bertz CT molecular complexity index is 1190. The smallest absolute Gasteiger partial charge is 0.231 e. The van der Waals surface area contributed by atoms with Gasteiger partial charge in [-0.2, -0.15) is 0 Å². The second-order valence-electron chi connectivity index (χ2n) is 7.30. The van der Waals surface area contributed by atoms with Crippen LogP contribution in [0.3, 0.4) is 0 Å². The molecule has 3 aromatic carbocycles.